The van der Waals surface area contributed by atoms with Crippen molar-refractivity contribution in [3.05, 3.63) is 12.3 Å². The van der Waals surface area contributed by atoms with Crippen LogP contribution in [0.25, 0.3) is 0 Å². The van der Waals surface area contributed by atoms with Crippen molar-refractivity contribution in [2.75, 3.05) is 5.32 Å². The molecule has 1 aromatic heterocycles. The van der Waals surface area contributed by atoms with Crippen LogP contribution in [0.15, 0.2) is 12.3 Å². The summed E-state index contributed by atoms with van der Waals surface area (Å²) in [7, 11) is 1.99. The minimum atomic E-state index is 0.703. The van der Waals surface area contributed by atoms with E-state index in [1.54, 1.807) is 0 Å². The Morgan fingerprint density at radius 3 is 2.94 bits per heavy atom. The van der Waals surface area contributed by atoms with Crippen molar-refractivity contribution in [3.63, 3.8) is 0 Å². The Hall–Kier alpha value is -0.990. The summed E-state index contributed by atoms with van der Waals surface area (Å²) in [6.45, 7) is 0. The fraction of sp³-hybridized carbons (Fsp3) is 0.786. The fourth-order valence-electron chi connectivity index (χ4n) is 4.92. The summed E-state index contributed by atoms with van der Waals surface area (Å²) >= 11 is 0. The summed E-state index contributed by atoms with van der Waals surface area (Å²) in [6.07, 6.45) is 9.39. The molecular weight excluding hydrogens is 210 g/mol. The van der Waals surface area contributed by atoms with E-state index in [0.29, 0.717) is 6.04 Å². The lowest BCUT2D eigenvalue weighted by Crippen LogP contribution is -2.34. The molecule has 1 heterocycles. The zero-order valence-electron chi connectivity index (χ0n) is 10.5. The molecule has 0 spiro atoms. The van der Waals surface area contributed by atoms with Crippen molar-refractivity contribution in [1.29, 1.82) is 0 Å². The maximum atomic E-state index is 4.45. The highest BCUT2D eigenvalue weighted by molar-refractivity contribution is 5.35. The van der Waals surface area contributed by atoms with E-state index < -0.39 is 0 Å². The molecule has 1 N–H and O–H groups in total. The molecule has 0 aliphatic heterocycles. The number of aromatic nitrogens is 2. The molecule has 0 saturated heterocycles. The maximum absolute atomic E-state index is 4.45. The summed E-state index contributed by atoms with van der Waals surface area (Å²) in [5.74, 6) is 5.15. The third-order valence-electron chi connectivity index (χ3n) is 5.48. The van der Waals surface area contributed by atoms with Crippen LogP contribution in [0, 0.1) is 23.7 Å². The SMILES string of the molecule is Cn1ccc(NC2CC3CC2C2CCCC32)n1. The van der Waals surface area contributed by atoms with Crippen molar-refractivity contribution < 1.29 is 0 Å². The number of nitrogens with one attached hydrogen (secondary N) is 1. The average molecular weight is 231 g/mol. The Kier molecular flexibility index (Phi) is 2.06. The number of aryl methyl sites for hydroxylation is 1. The molecule has 3 saturated carbocycles. The number of hydrogen-bond acceptors (Lipinski definition) is 2. The minimum Gasteiger partial charge on any atom is -0.366 e. The predicted molar refractivity (Wildman–Crippen MR) is 67.7 cm³/mol. The third-order valence-corrected chi connectivity index (χ3v) is 5.48. The van der Waals surface area contributed by atoms with Crippen LogP contribution in [0.1, 0.15) is 32.1 Å². The third kappa shape index (κ3) is 1.44. The summed E-state index contributed by atoms with van der Waals surface area (Å²) in [6, 6.07) is 2.80. The number of hydrogen-bond donors (Lipinski definition) is 1. The zero-order valence-corrected chi connectivity index (χ0v) is 10.5. The molecule has 4 rings (SSSR count). The summed E-state index contributed by atoms with van der Waals surface area (Å²) < 4.78 is 1.88. The molecule has 0 amide bonds. The zero-order chi connectivity index (χ0) is 11.4. The topological polar surface area (TPSA) is 29.9 Å². The van der Waals surface area contributed by atoms with Crippen molar-refractivity contribution in [2.24, 2.45) is 30.7 Å². The van der Waals surface area contributed by atoms with E-state index in [1.807, 2.05) is 17.9 Å². The van der Waals surface area contributed by atoms with Crippen LogP contribution < -0.4 is 5.32 Å². The number of anilines is 1. The first-order valence-electron chi connectivity index (χ1n) is 7.07. The smallest absolute Gasteiger partial charge is 0.148 e. The van der Waals surface area contributed by atoms with Crippen LogP contribution >= 0.6 is 0 Å². The lowest BCUT2D eigenvalue weighted by Gasteiger charge is -2.32. The Balaban J connectivity index is 1.50. The second-order valence-electron chi connectivity index (χ2n) is 6.28. The van der Waals surface area contributed by atoms with E-state index in [9.17, 15) is 0 Å². The van der Waals surface area contributed by atoms with Gasteiger partial charge in [-0.3, -0.25) is 4.68 Å². The Morgan fingerprint density at radius 1 is 1.24 bits per heavy atom. The van der Waals surface area contributed by atoms with E-state index in [1.165, 1.54) is 32.1 Å². The normalized spacial score (nSPS) is 43.0. The van der Waals surface area contributed by atoms with Crippen molar-refractivity contribution in [3.8, 4) is 0 Å². The molecule has 0 radical (unpaired) electrons. The van der Waals surface area contributed by atoms with E-state index >= 15 is 0 Å². The standard InChI is InChI=1S/C14H21N3/c1-17-6-5-14(16-17)15-13-8-9-7-12(13)11-4-2-3-10(9)11/h5-6,9-13H,2-4,7-8H2,1H3,(H,15,16). The van der Waals surface area contributed by atoms with Gasteiger partial charge in [-0.15, -0.1) is 0 Å². The summed E-state index contributed by atoms with van der Waals surface area (Å²) in [5.41, 5.74) is 0. The number of rotatable bonds is 2. The highest BCUT2D eigenvalue weighted by atomic mass is 15.3. The quantitative estimate of drug-likeness (QED) is 0.848. The van der Waals surface area contributed by atoms with Crippen molar-refractivity contribution in [2.45, 2.75) is 38.1 Å². The molecule has 2 bridgehead atoms. The largest absolute Gasteiger partial charge is 0.366 e. The van der Waals surface area contributed by atoms with Crippen molar-refractivity contribution >= 4 is 5.82 Å². The minimum absolute atomic E-state index is 0.703. The van der Waals surface area contributed by atoms with E-state index in [4.69, 9.17) is 0 Å². The molecule has 3 nitrogen and oxygen atoms in total. The van der Waals surface area contributed by atoms with Crippen LogP contribution in [-0.4, -0.2) is 15.8 Å². The molecule has 92 valence electrons. The van der Waals surface area contributed by atoms with Gasteiger partial charge in [0.05, 0.1) is 0 Å². The second kappa shape index (κ2) is 3.50. The fourth-order valence-corrected chi connectivity index (χ4v) is 4.92. The van der Waals surface area contributed by atoms with Gasteiger partial charge >= 0.3 is 0 Å². The molecular formula is C14H21N3. The van der Waals surface area contributed by atoms with Gasteiger partial charge in [0, 0.05) is 25.4 Å². The van der Waals surface area contributed by atoms with Crippen LogP contribution in [0.5, 0.6) is 0 Å². The van der Waals surface area contributed by atoms with Crippen LogP contribution in [0.3, 0.4) is 0 Å². The maximum Gasteiger partial charge on any atom is 0.148 e. The first-order valence-corrected chi connectivity index (χ1v) is 7.07. The van der Waals surface area contributed by atoms with Gasteiger partial charge in [-0.05, 0) is 49.4 Å². The molecule has 5 atom stereocenters. The molecule has 0 aromatic carbocycles. The molecule has 3 fully saturated rings. The van der Waals surface area contributed by atoms with Crippen LogP contribution in [0.2, 0.25) is 0 Å². The highest BCUT2D eigenvalue weighted by Gasteiger charge is 2.53. The molecule has 3 heteroatoms. The summed E-state index contributed by atoms with van der Waals surface area (Å²) in [5, 5.41) is 8.12. The van der Waals surface area contributed by atoms with E-state index in [0.717, 1.165) is 29.5 Å². The highest BCUT2D eigenvalue weighted by Crippen LogP contribution is 2.59. The average Bonchev–Trinajstić information content (AvgIpc) is 2.99. The molecule has 17 heavy (non-hydrogen) atoms. The van der Waals surface area contributed by atoms with Gasteiger partial charge in [0.15, 0.2) is 0 Å². The van der Waals surface area contributed by atoms with Gasteiger partial charge < -0.3 is 5.32 Å². The van der Waals surface area contributed by atoms with E-state index in [-0.39, 0.29) is 0 Å². The van der Waals surface area contributed by atoms with Gasteiger partial charge in [0.25, 0.3) is 0 Å². The molecule has 1 aromatic rings. The lowest BCUT2D eigenvalue weighted by molar-refractivity contribution is 0.243. The molecule has 3 aliphatic rings. The van der Waals surface area contributed by atoms with Crippen LogP contribution in [-0.2, 0) is 7.05 Å². The molecule has 3 aliphatic carbocycles. The monoisotopic (exact) mass is 231 g/mol. The van der Waals surface area contributed by atoms with Gasteiger partial charge in [-0.25, -0.2) is 0 Å². The summed E-state index contributed by atoms with van der Waals surface area (Å²) in [4.78, 5) is 0. The first kappa shape index (κ1) is 9.98. The number of nitrogens with zero attached hydrogens (tertiary/aromatic N) is 2. The predicted octanol–water partition coefficient (Wildman–Crippen LogP) is 2.66. The lowest BCUT2D eigenvalue weighted by atomic mass is 9.79. The van der Waals surface area contributed by atoms with E-state index in [2.05, 4.69) is 16.5 Å². The van der Waals surface area contributed by atoms with Crippen LogP contribution in [0.4, 0.5) is 5.82 Å². The molecule has 5 unspecified atom stereocenters. The Morgan fingerprint density at radius 2 is 2.12 bits per heavy atom. The number of fused-ring (bicyclic) bond motifs is 5. The Labute approximate surface area is 103 Å². The first-order chi connectivity index (χ1) is 8.31. The second-order valence-corrected chi connectivity index (χ2v) is 6.28. The van der Waals surface area contributed by atoms with Gasteiger partial charge in [-0.1, -0.05) is 6.42 Å². The van der Waals surface area contributed by atoms with Crippen molar-refractivity contribution in [1.82, 2.24) is 9.78 Å². The van der Waals surface area contributed by atoms with Gasteiger partial charge in [0.2, 0.25) is 0 Å². The Bertz CT molecular complexity index is 425. The van der Waals surface area contributed by atoms with Gasteiger partial charge in [-0.2, -0.15) is 5.10 Å². The van der Waals surface area contributed by atoms with Gasteiger partial charge in [0.1, 0.15) is 5.82 Å².